The van der Waals surface area contributed by atoms with E-state index in [1.54, 1.807) is 47.6 Å². The second-order valence-corrected chi connectivity index (χ2v) is 10.1. The Morgan fingerprint density at radius 2 is 1.91 bits per heavy atom. The minimum absolute atomic E-state index is 0.0202. The Morgan fingerprint density at radius 3 is 2.63 bits per heavy atom. The van der Waals surface area contributed by atoms with E-state index in [2.05, 4.69) is 11.4 Å². The lowest BCUT2D eigenvalue weighted by Gasteiger charge is -2.37. The van der Waals surface area contributed by atoms with Crippen molar-refractivity contribution in [2.24, 2.45) is 0 Å². The number of rotatable bonds is 8. The highest BCUT2D eigenvalue weighted by Crippen LogP contribution is 2.35. The van der Waals surface area contributed by atoms with Crippen LogP contribution in [-0.4, -0.2) is 54.5 Å². The van der Waals surface area contributed by atoms with E-state index >= 15 is 0 Å². The van der Waals surface area contributed by atoms with E-state index < -0.39 is 0 Å². The highest BCUT2D eigenvalue weighted by Gasteiger charge is 2.34. The monoisotopic (exact) mass is 512 g/mol. The Balaban J connectivity index is 1.55. The molecule has 1 aliphatic heterocycles. The summed E-state index contributed by atoms with van der Waals surface area (Å²) in [6, 6.07) is 15.9. The van der Waals surface area contributed by atoms with Crippen LogP contribution in [0.1, 0.15) is 40.7 Å². The van der Waals surface area contributed by atoms with Crippen molar-refractivity contribution in [2.45, 2.75) is 32.4 Å². The van der Waals surface area contributed by atoms with Gasteiger partial charge in [0.25, 0.3) is 5.91 Å². The van der Waals surface area contributed by atoms with Gasteiger partial charge in [-0.1, -0.05) is 29.8 Å². The van der Waals surface area contributed by atoms with Gasteiger partial charge in [-0.15, -0.1) is 11.3 Å². The summed E-state index contributed by atoms with van der Waals surface area (Å²) in [5, 5.41) is 2.54. The number of para-hydroxylation sites is 2. The molecule has 8 heteroatoms. The lowest BCUT2D eigenvalue weighted by molar-refractivity contribution is -0.136. The van der Waals surface area contributed by atoms with Gasteiger partial charge in [-0.05, 0) is 67.6 Å². The molecule has 1 atom stereocenters. The number of amides is 2. The van der Waals surface area contributed by atoms with E-state index in [0.29, 0.717) is 35.2 Å². The molecule has 0 saturated carbocycles. The fourth-order valence-corrected chi connectivity index (χ4v) is 5.41. The van der Waals surface area contributed by atoms with Gasteiger partial charge in [0, 0.05) is 28.0 Å². The van der Waals surface area contributed by atoms with Crippen LogP contribution in [0.5, 0.6) is 11.5 Å². The van der Waals surface area contributed by atoms with Gasteiger partial charge in [-0.25, -0.2) is 0 Å². The summed E-state index contributed by atoms with van der Waals surface area (Å²) < 4.78 is 11.6. The van der Waals surface area contributed by atoms with E-state index in [1.807, 2.05) is 43.0 Å². The molecule has 1 aliphatic rings. The SMILES string of the molecule is COc1ccccc1OC[C@H]1c2ccsc2CCN1C(=O)CN(C(=O)c1cccc(Cl)c1)C(C)C. The zero-order valence-electron chi connectivity index (χ0n) is 20.1. The van der Waals surface area contributed by atoms with Crippen LogP contribution >= 0.6 is 22.9 Å². The van der Waals surface area contributed by atoms with Crippen LogP contribution in [0.3, 0.4) is 0 Å². The first kappa shape index (κ1) is 25.1. The van der Waals surface area contributed by atoms with Crippen LogP contribution < -0.4 is 9.47 Å². The number of fused-ring (bicyclic) bond motifs is 1. The zero-order chi connectivity index (χ0) is 24.9. The fourth-order valence-electron chi connectivity index (χ4n) is 4.29. The molecule has 2 aromatic carbocycles. The van der Waals surface area contributed by atoms with Gasteiger partial charge >= 0.3 is 0 Å². The van der Waals surface area contributed by atoms with Crippen molar-refractivity contribution in [2.75, 3.05) is 26.8 Å². The molecule has 2 heterocycles. The predicted octanol–water partition coefficient (Wildman–Crippen LogP) is 5.47. The number of nitrogens with zero attached hydrogens (tertiary/aromatic N) is 2. The number of benzene rings is 2. The van der Waals surface area contributed by atoms with Crippen molar-refractivity contribution >= 4 is 34.8 Å². The van der Waals surface area contributed by atoms with Crippen LogP contribution in [-0.2, 0) is 11.2 Å². The summed E-state index contributed by atoms with van der Waals surface area (Å²) in [7, 11) is 1.60. The van der Waals surface area contributed by atoms with Crippen molar-refractivity contribution < 1.29 is 19.1 Å². The molecular formula is C27H29ClN2O4S. The molecule has 0 radical (unpaired) electrons. The van der Waals surface area contributed by atoms with Crippen molar-refractivity contribution in [1.29, 1.82) is 0 Å². The number of carbonyl (C=O) groups is 2. The number of methoxy groups -OCH3 is 1. The summed E-state index contributed by atoms with van der Waals surface area (Å²) in [5.74, 6) is 0.944. The van der Waals surface area contributed by atoms with Crippen LogP contribution in [0.2, 0.25) is 5.02 Å². The van der Waals surface area contributed by atoms with Crippen LogP contribution in [0, 0.1) is 0 Å². The maximum Gasteiger partial charge on any atom is 0.254 e. The largest absolute Gasteiger partial charge is 0.493 e. The third-order valence-corrected chi connectivity index (χ3v) is 7.37. The maximum atomic E-state index is 13.6. The zero-order valence-corrected chi connectivity index (χ0v) is 21.6. The molecule has 35 heavy (non-hydrogen) atoms. The highest BCUT2D eigenvalue weighted by molar-refractivity contribution is 7.10. The average Bonchev–Trinajstić information content (AvgIpc) is 3.34. The lowest BCUT2D eigenvalue weighted by atomic mass is 10.00. The summed E-state index contributed by atoms with van der Waals surface area (Å²) in [4.78, 5) is 31.6. The van der Waals surface area contributed by atoms with E-state index in [1.165, 1.54) is 4.88 Å². The third kappa shape index (κ3) is 5.63. The molecule has 0 aliphatic carbocycles. The molecule has 0 saturated heterocycles. The molecule has 0 fully saturated rings. The van der Waals surface area contributed by atoms with Gasteiger partial charge in [0.15, 0.2) is 11.5 Å². The smallest absolute Gasteiger partial charge is 0.254 e. The fraction of sp³-hybridized carbons (Fsp3) is 0.333. The third-order valence-electron chi connectivity index (χ3n) is 6.14. The molecule has 1 aromatic heterocycles. The maximum absolute atomic E-state index is 13.6. The van der Waals surface area contributed by atoms with Gasteiger partial charge in [0.2, 0.25) is 5.91 Å². The Kier molecular flexibility index (Phi) is 7.98. The van der Waals surface area contributed by atoms with E-state index in [9.17, 15) is 9.59 Å². The molecule has 6 nitrogen and oxygen atoms in total. The van der Waals surface area contributed by atoms with Crippen molar-refractivity contribution in [3.63, 3.8) is 0 Å². The van der Waals surface area contributed by atoms with E-state index in [-0.39, 0.29) is 30.4 Å². The Morgan fingerprint density at radius 1 is 1.14 bits per heavy atom. The second kappa shape index (κ2) is 11.1. The van der Waals surface area contributed by atoms with Crippen molar-refractivity contribution in [3.8, 4) is 11.5 Å². The van der Waals surface area contributed by atoms with Crippen LogP contribution in [0.15, 0.2) is 60.0 Å². The van der Waals surface area contributed by atoms with E-state index in [0.717, 1.165) is 12.0 Å². The van der Waals surface area contributed by atoms with Gasteiger partial charge in [0.05, 0.1) is 13.2 Å². The number of halogens is 1. The molecule has 0 bridgehead atoms. The standard InChI is InChI=1S/C27H29ClN2O4S/c1-18(2)30(27(32)19-7-6-8-20(28)15-19)16-26(31)29-13-11-25-21(12-14-35-25)22(29)17-34-24-10-5-4-9-23(24)33-3/h4-10,12,14-15,18,22H,11,13,16-17H2,1-3H3/t22-/m0/s1. The average molecular weight is 513 g/mol. The first-order chi connectivity index (χ1) is 16.9. The molecule has 0 N–H and O–H groups in total. The molecule has 4 rings (SSSR count). The molecule has 2 amide bonds. The summed E-state index contributed by atoms with van der Waals surface area (Å²) >= 11 is 7.80. The first-order valence-corrected chi connectivity index (χ1v) is 12.8. The lowest BCUT2D eigenvalue weighted by Crippen LogP contribution is -2.49. The predicted molar refractivity (Wildman–Crippen MR) is 139 cm³/mol. The van der Waals surface area contributed by atoms with E-state index in [4.69, 9.17) is 21.1 Å². The summed E-state index contributed by atoms with van der Waals surface area (Å²) in [5.41, 5.74) is 1.57. The van der Waals surface area contributed by atoms with Gasteiger partial charge < -0.3 is 19.3 Å². The number of thiophene rings is 1. The van der Waals surface area contributed by atoms with Crippen molar-refractivity contribution in [3.05, 3.63) is 81.0 Å². The Bertz CT molecular complexity index is 1200. The van der Waals surface area contributed by atoms with Gasteiger partial charge in [-0.3, -0.25) is 9.59 Å². The molecular weight excluding hydrogens is 484 g/mol. The number of hydrogen-bond acceptors (Lipinski definition) is 5. The minimum Gasteiger partial charge on any atom is -0.493 e. The summed E-state index contributed by atoms with van der Waals surface area (Å²) in [6.07, 6.45) is 0.786. The molecule has 0 spiro atoms. The Hall–Kier alpha value is -3.03. The van der Waals surface area contributed by atoms with Crippen LogP contribution in [0.4, 0.5) is 0 Å². The first-order valence-electron chi connectivity index (χ1n) is 11.6. The number of hydrogen-bond donors (Lipinski definition) is 0. The number of carbonyl (C=O) groups excluding carboxylic acids is 2. The molecule has 0 unspecified atom stereocenters. The van der Waals surface area contributed by atoms with Crippen molar-refractivity contribution in [1.82, 2.24) is 9.80 Å². The Labute approximate surface area is 215 Å². The quantitative estimate of drug-likeness (QED) is 0.402. The summed E-state index contributed by atoms with van der Waals surface area (Å²) in [6.45, 7) is 4.66. The topological polar surface area (TPSA) is 59.1 Å². The van der Waals surface area contributed by atoms with Gasteiger partial charge in [0.1, 0.15) is 13.2 Å². The van der Waals surface area contributed by atoms with Gasteiger partial charge in [-0.2, -0.15) is 0 Å². The normalized spacial score (nSPS) is 15.0. The molecule has 3 aromatic rings. The minimum atomic E-state index is -0.252. The van der Waals surface area contributed by atoms with Crippen LogP contribution in [0.25, 0.3) is 0 Å². The highest BCUT2D eigenvalue weighted by atomic mass is 35.5. The molecule has 184 valence electrons. The second-order valence-electron chi connectivity index (χ2n) is 8.65. The number of ether oxygens (including phenoxy) is 2.